The Morgan fingerprint density at radius 1 is 1.10 bits per heavy atom. The van der Waals surface area contributed by atoms with Gasteiger partial charge in [0.2, 0.25) is 11.8 Å². The van der Waals surface area contributed by atoms with Gasteiger partial charge in [0.25, 0.3) is 0 Å². The summed E-state index contributed by atoms with van der Waals surface area (Å²) in [6, 6.07) is 0. The maximum atomic E-state index is 12.7. The van der Waals surface area contributed by atoms with Gasteiger partial charge in [0, 0.05) is 6.61 Å². The Hall–Kier alpha value is -1.16. The van der Waals surface area contributed by atoms with Crippen molar-refractivity contribution in [2.45, 2.75) is 25.4 Å². The van der Waals surface area contributed by atoms with E-state index in [0.29, 0.717) is 30.2 Å². The summed E-state index contributed by atoms with van der Waals surface area (Å²) in [5.41, 5.74) is 0. The number of carbonyl (C=O) groups excluding carboxylic acids is 2. The minimum atomic E-state index is -0.0531. The fourth-order valence-corrected chi connectivity index (χ4v) is 5.19. The smallest absolute Gasteiger partial charge is 0.233 e. The predicted octanol–water partition coefficient (Wildman–Crippen LogP) is 1.22. The molecular weight excluding hydrogens is 254 g/mol. The molecule has 2 saturated carbocycles. The lowest BCUT2D eigenvalue weighted by atomic mass is 9.63. The van der Waals surface area contributed by atoms with Gasteiger partial charge in [-0.2, -0.15) is 0 Å². The molecule has 0 aromatic heterocycles. The number of amides is 2. The molecule has 2 aliphatic heterocycles. The number of likely N-dealkylation sites (tertiary alicyclic amines) is 1. The van der Waals surface area contributed by atoms with Crippen LogP contribution in [0.4, 0.5) is 0 Å². The number of allylic oxidation sites excluding steroid dienone is 2. The van der Waals surface area contributed by atoms with E-state index in [9.17, 15) is 9.59 Å². The second-order valence-corrected chi connectivity index (χ2v) is 7.08. The van der Waals surface area contributed by atoms with Crippen LogP contribution in [0.1, 0.15) is 19.3 Å². The Kier molecular flexibility index (Phi) is 2.14. The first kappa shape index (κ1) is 11.5. The van der Waals surface area contributed by atoms with Crippen molar-refractivity contribution in [1.82, 2.24) is 4.90 Å². The monoisotopic (exact) mass is 273 g/mol. The first-order valence-electron chi connectivity index (χ1n) is 7.91. The molecule has 2 heterocycles. The van der Waals surface area contributed by atoms with Crippen molar-refractivity contribution in [3.8, 4) is 0 Å². The second kappa shape index (κ2) is 3.73. The van der Waals surface area contributed by atoms with E-state index in [2.05, 4.69) is 12.2 Å². The van der Waals surface area contributed by atoms with E-state index in [-0.39, 0.29) is 29.8 Å². The molecule has 4 aliphatic carbocycles. The third kappa shape index (κ3) is 1.31. The number of carbonyl (C=O) groups is 2. The van der Waals surface area contributed by atoms with Gasteiger partial charge in [0.15, 0.2) is 0 Å². The lowest BCUT2D eigenvalue weighted by Crippen LogP contribution is -2.40. The highest BCUT2D eigenvalue weighted by Crippen LogP contribution is 2.65. The van der Waals surface area contributed by atoms with Crippen LogP contribution in [0.5, 0.6) is 0 Å². The lowest BCUT2D eigenvalue weighted by molar-refractivity contribution is -0.142. The van der Waals surface area contributed by atoms with Crippen LogP contribution < -0.4 is 0 Å². The van der Waals surface area contributed by atoms with Crippen LogP contribution >= 0.6 is 0 Å². The molecule has 7 atom stereocenters. The van der Waals surface area contributed by atoms with Crippen molar-refractivity contribution in [3.05, 3.63) is 12.2 Å². The highest BCUT2D eigenvalue weighted by atomic mass is 16.5. The van der Waals surface area contributed by atoms with Crippen LogP contribution in [-0.4, -0.2) is 36.0 Å². The van der Waals surface area contributed by atoms with Crippen molar-refractivity contribution < 1.29 is 14.3 Å². The maximum absolute atomic E-state index is 12.7. The van der Waals surface area contributed by atoms with Crippen LogP contribution in [0, 0.1) is 35.5 Å². The number of imide groups is 1. The molecule has 6 rings (SSSR count). The molecule has 0 N–H and O–H groups in total. The Balaban J connectivity index is 1.44. The number of hydrogen-bond acceptors (Lipinski definition) is 3. The van der Waals surface area contributed by atoms with Crippen LogP contribution in [0.15, 0.2) is 12.2 Å². The summed E-state index contributed by atoms with van der Waals surface area (Å²) in [5.74, 6) is 2.10. The molecule has 4 fully saturated rings. The van der Waals surface area contributed by atoms with Crippen molar-refractivity contribution in [3.63, 3.8) is 0 Å². The third-order valence-corrected chi connectivity index (χ3v) is 6.16. The Bertz CT molecular complexity index is 486. The van der Waals surface area contributed by atoms with Crippen LogP contribution in [0.3, 0.4) is 0 Å². The van der Waals surface area contributed by atoms with Crippen molar-refractivity contribution in [1.29, 1.82) is 0 Å². The molecule has 6 aliphatic rings. The molecule has 20 heavy (non-hydrogen) atoms. The molecular formula is C16H19NO3. The third-order valence-electron chi connectivity index (χ3n) is 6.16. The predicted molar refractivity (Wildman–Crippen MR) is 70.4 cm³/mol. The zero-order valence-corrected chi connectivity index (χ0v) is 11.4. The van der Waals surface area contributed by atoms with Crippen molar-refractivity contribution in [2.75, 3.05) is 13.2 Å². The molecule has 2 saturated heterocycles. The minimum absolute atomic E-state index is 0.0531. The Labute approximate surface area is 118 Å². The van der Waals surface area contributed by atoms with E-state index in [4.69, 9.17) is 4.74 Å². The van der Waals surface area contributed by atoms with Gasteiger partial charge < -0.3 is 4.74 Å². The normalized spacial score (nSPS) is 51.6. The molecule has 0 spiro atoms. The molecule has 4 heteroatoms. The van der Waals surface area contributed by atoms with Gasteiger partial charge in [-0.05, 0) is 42.9 Å². The summed E-state index contributed by atoms with van der Waals surface area (Å²) in [7, 11) is 0. The van der Waals surface area contributed by atoms with E-state index >= 15 is 0 Å². The fourth-order valence-electron chi connectivity index (χ4n) is 5.19. The van der Waals surface area contributed by atoms with Gasteiger partial charge >= 0.3 is 0 Å². The van der Waals surface area contributed by atoms with Crippen molar-refractivity contribution >= 4 is 11.8 Å². The summed E-state index contributed by atoms with van der Waals surface area (Å²) < 4.78 is 5.60. The largest absolute Gasteiger partial charge is 0.376 e. The lowest BCUT2D eigenvalue weighted by Gasteiger charge is -2.37. The van der Waals surface area contributed by atoms with Gasteiger partial charge in [0.05, 0.1) is 24.5 Å². The summed E-state index contributed by atoms with van der Waals surface area (Å²) >= 11 is 0. The average Bonchev–Trinajstić information content (AvgIpc) is 3.08. The number of nitrogens with zero attached hydrogens (tertiary/aromatic N) is 1. The molecule has 2 bridgehead atoms. The number of hydrogen-bond donors (Lipinski definition) is 0. The highest BCUT2D eigenvalue weighted by Gasteiger charge is 2.67. The van der Waals surface area contributed by atoms with Gasteiger partial charge in [0.1, 0.15) is 0 Å². The molecule has 4 nitrogen and oxygen atoms in total. The fraction of sp³-hybridized carbons (Fsp3) is 0.750. The number of ether oxygens (including phenoxy) is 1. The standard InChI is InChI=1S/C16H19NO3/c18-15-13-9-3-4-10(12-6-11(9)12)14(13)16(19)17(15)7-8-2-1-5-20-8/h3-4,8-14H,1-2,5-7H2/t8-,9-,10-,11-,12-,13+,14+/m1/s1. The first-order chi connectivity index (χ1) is 9.75. The summed E-state index contributed by atoms with van der Waals surface area (Å²) in [5, 5.41) is 0. The summed E-state index contributed by atoms with van der Waals surface area (Å²) in [6.45, 7) is 1.25. The van der Waals surface area contributed by atoms with Crippen LogP contribution in [0.2, 0.25) is 0 Å². The second-order valence-electron chi connectivity index (χ2n) is 7.08. The summed E-state index contributed by atoms with van der Waals surface area (Å²) in [4.78, 5) is 26.9. The molecule has 0 unspecified atom stereocenters. The maximum Gasteiger partial charge on any atom is 0.233 e. The first-order valence-corrected chi connectivity index (χ1v) is 7.91. The van der Waals surface area contributed by atoms with Crippen molar-refractivity contribution in [2.24, 2.45) is 35.5 Å². The Morgan fingerprint density at radius 2 is 1.75 bits per heavy atom. The van der Waals surface area contributed by atoms with Crippen LogP contribution in [-0.2, 0) is 14.3 Å². The van der Waals surface area contributed by atoms with E-state index in [0.717, 1.165) is 19.4 Å². The Morgan fingerprint density at radius 3 is 2.30 bits per heavy atom. The van der Waals surface area contributed by atoms with Gasteiger partial charge in [-0.25, -0.2) is 0 Å². The molecule has 0 aromatic rings. The molecule has 0 aromatic carbocycles. The van der Waals surface area contributed by atoms with Gasteiger partial charge in [-0.15, -0.1) is 0 Å². The van der Waals surface area contributed by atoms with E-state index in [1.54, 1.807) is 0 Å². The zero-order chi connectivity index (χ0) is 13.4. The van der Waals surface area contributed by atoms with E-state index < -0.39 is 0 Å². The minimum Gasteiger partial charge on any atom is -0.376 e. The molecule has 0 radical (unpaired) electrons. The SMILES string of the molecule is O=C1[C@H]2[C@@H]3C=C[C@H]([C@H]4C[C@H]34)[C@@H]2C(=O)N1C[C@H]1CCCO1. The van der Waals surface area contributed by atoms with Crippen LogP contribution in [0.25, 0.3) is 0 Å². The quantitative estimate of drug-likeness (QED) is 0.561. The highest BCUT2D eigenvalue weighted by molar-refractivity contribution is 6.06. The molecule has 2 amide bonds. The zero-order valence-electron chi connectivity index (χ0n) is 11.4. The number of rotatable bonds is 2. The average molecular weight is 273 g/mol. The van der Waals surface area contributed by atoms with Gasteiger partial charge in [-0.3, -0.25) is 14.5 Å². The van der Waals surface area contributed by atoms with Gasteiger partial charge in [-0.1, -0.05) is 12.2 Å². The van der Waals surface area contributed by atoms with E-state index in [1.165, 1.54) is 11.3 Å². The summed E-state index contributed by atoms with van der Waals surface area (Å²) in [6.07, 6.45) is 7.76. The topological polar surface area (TPSA) is 46.6 Å². The van der Waals surface area contributed by atoms with E-state index in [1.807, 2.05) is 0 Å². The molecule has 106 valence electrons.